The van der Waals surface area contributed by atoms with Crippen molar-refractivity contribution in [3.63, 3.8) is 0 Å². The monoisotopic (exact) mass is 448 g/mol. The number of rotatable bonds is 3. The summed E-state index contributed by atoms with van der Waals surface area (Å²) in [6.45, 7) is 0. The van der Waals surface area contributed by atoms with Crippen LogP contribution >= 0.6 is 0 Å². The zero-order valence-corrected chi connectivity index (χ0v) is 17.2. The third kappa shape index (κ3) is 3.54. The summed E-state index contributed by atoms with van der Waals surface area (Å²) in [6.07, 6.45) is -5.64. The number of hydrogen-bond donors (Lipinski definition) is 0. The van der Waals surface area contributed by atoms with Gasteiger partial charge in [-0.3, -0.25) is 0 Å². The SMILES string of the molecule is FC(F)(F)C(F)(F)c1ccc(-c2ccc(-c3cccc4ccccc34)c3ccccc23)cc1. The predicted octanol–water partition coefficient (Wildman–Crippen LogP) is 8.98. The third-order valence-electron chi connectivity index (χ3n) is 5.92. The van der Waals surface area contributed by atoms with E-state index in [1.54, 1.807) is 0 Å². The molecule has 0 spiro atoms. The smallest absolute Gasteiger partial charge is 0.191 e. The second kappa shape index (κ2) is 7.69. The molecule has 164 valence electrons. The molecule has 0 saturated carbocycles. The Hall–Kier alpha value is -3.73. The van der Waals surface area contributed by atoms with E-state index in [2.05, 4.69) is 12.1 Å². The lowest BCUT2D eigenvalue weighted by Gasteiger charge is -2.20. The predicted molar refractivity (Wildman–Crippen MR) is 122 cm³/mol. The Morgan fingerprint density at radius 2 is 0.939 bits per heavy atom. The molecule has 5 aromatic carbocycles. The van der Waals surface area contributed by atoms with Crippen LogP contribution in [-0.2, 0) is 5.92 Å². The van der Waals surface area contributed by atoms with Crippen LogP contribution in [0.15, 0.2) is 103 Å². The molecule has 5 aromatic rings. The first kappa shape index (κ1) is 21.1. The second-order valence-electron chi connectivity index (χ2n) is 7.88. The molecule has 0 atom stereocenters. The van der Waals surface area contributed by atoms with Crippen molar-refractivity contribution in [2.75, 3.05) is 0 Å². The fraction of sp³-hybridized carbons (Fsp3) is 0.0714. The van der Waals surface area contributed by atoms with Crippen LogP contribution < -0.4 is 0 Å². The molecule has 0 fully saturated rings. The highest BCUT2D eigenvalue weighted by molar-refractivity contribution is 6.09. The minimum Gasteiger partial charge on any atom is -0.191 e. The van der Waals surface area contributed by atoms with Gasteiger partial charge in [-0.25, -0.2) is 0 Å². The van der Waals surface area contributed by atoms with E-state index in [4.69, 9.17) is 0 Å². The molecule has 0 amide bonds. The summed E-state index contributed by atoms with van der Waals surface area (Å²) < 4.78 is 65.5. The average molecular weight is 448 g/mol. The molecule has 0 nitrogen and oxygen atoms in total. The highest BCUT2D eigenvalue weighted by Crippen LogP contribution is 2.44. The van der Waals surface area contributed by atoms with Crippen molar-refractivity contribution in [3.8, 4) is 22.3 Å². The van der Waals surface area contributed by atoms with Gasteiger partial charge in [-0.2, -0.15) is 22.0 Å². The first-order valence-corrected chi connectivity index (χ1v) is 10.3. The van der Waals surface area contributed by atoms with Crippen molar-refractivity contribution in [1.82, 2.24) is 0 Å². The summed E-state index contributed by atoms with van der Waals surface area (Å²) in [5, 5.41) is 4.08. The summed E-state index contributed by atoms with van der Waals surface area (Å²) in [4.78, 5) is 0. The molecule has 0 aliphatic heterocycles. The van der Waals surface area contributed by atoms with Crippen LogP contribution in [0.5, 0.6) is 0 Å². The van der Waals surface area contributed by atoms with Gasteiger partial charge >= 0.3 is 12.1 Å². The molecule has 33 heavy (non-hydrogen) atoms. The quantitative estimate of drug-likeness (QED) is 0.242. The highest BCUT2D eigenvalue weighted by atomic mass is 19.4. The lowest BCUT2D eigenvalue weighted by atomic mass is 9.90. The Kier molecular flexibility index (Phi) is 4.93. The van der Waals surface area contributed by atoms with Gasteiger partial charge in [0.1, 0.15) is 0 Å². The lowest BCUT2D eigenvalue weighted by molar-refractivity contribution is -0.289. The van der Waals surface area contributed by atoms with Gasteiger partial charge in [0.25, 0.3) is 0 Å². The van der Waals surface area contributed by atoms with Crippen molar-refractivity contribution in [2.45, 2.75) is 12.1 Å². The van der Waals surface area contributed by atoms with E-state index in [0.717, 1.165) is 50.4 Å². The second-order valence-corrected chi connectivity index (χ2v) is 7.88. The first-order chi connectivity index (χ1) is 15.8. The molecular weight excluding hydrogens is 431 g/mol. The number of benzene rings is 5. The molecule has 0 N–H and O–H groups in total. The van der Waals surface area contributed by atoms with Gasteiger partial charge in [0.05, 0.1) is 0 Å². The van der Waals surface area contributed by atoms with E-state index in [-0.39, 0.29) is 0 Å². The molecule has 0 aromatic heterocycles. The fourth-order valence-electron chi connectivity index (χ4n) is 4.27. The molecule has 0 saturated heterocycles. The van der Waals surface area contributed by atoms with E-state index in [9.17, 15) is 22.0 Å². The maximum absolute atomic E-state index is 13.7. The van der Waals surface area contributed by atoms with Gasteiger partial charge < -0.3 is 0 Å². The van der Waals surface area contributed by atoms with Crippen LogP contribution in [0.2, 0.25) is 0 Å². The van der Waals surface area contributed by atoms with Crippen molar-refractivity contribution in [2.24, 2.45) is 0 Å². The van der Waals surface area contributed by atoms with Gasteiger partial charge in [-0.05, 0) is 43.8 Å². The number of hydrogen-bond acceptors (Lipinski definition) is 0. The van der Waals surface area contributed by atoms with Gasteiger partial charge in [0.2, 0.25) is 0 Å². The van der Waals surface area contributed by atoms with Crippen LogP contribution in [0.3, 0.4) is 0 Å². The van der Waals surface area contributed by atoms with Crippen LogP contribution in [0.25, 0.3) is 43.8 Å². The summed E-state index contributed by atoms with van der Waals surface area (Å²) in [5.41, 5.74) is 2.34. The molecule has 0 radical (unpaired) electrons. The molecule has 0 aliphatic carbocycles. The third-order valence-corrected chi connectivity index (χ3v) is 5.92. The van der Waals surface area contributed by atoms with Crippen molar-refractivity contribution in [1.29, 1.82) is 0 Å². The minimum absolute atomic E-state index is 0.567. The van der Waals surface area contributed by atoms with E-state index in [1.807, 2.05) is 66.7 Å². The molecule has 0 unspecified atom stereocenters. The molecule has 5 heteroatoms. The lowest BCUT2D eigenvalue weighted by Crippen LogP contribution is -2.33. The van der Waals surface area contributed by atoms with Crippen molar-refractivity contribution >= 4 is 21.5 Å². The van der Waals surface area contributed by atoms with Crippen LogP contribution in [0.4, 0.5) is 22.0 Å². The van der Waals surface area contributed by atoms with E-state index in [1.165, 1.54) is 12.1 Å². The van der Waals surface area contributed by atoms with Gasteiger partial charge in [-0.15, -0.1) is 0 Å². The fourth-order valence-corrected chi connectivity index (χ4v) is 4.27. The maximum atomic E-state index is 13.7. The Labute approximate surface area is 186 Å². The van der Waals surface area contributed by atoms with Gasteiger partial charge in [-0.1, -0.05) is 103 Å². The summed E-state index contributed by atoms with van der Waals surface area (Å²) >= 11 is 0. The van der Waals surface area contributed by atoms with Crippen LogP contribution in [0, 0.1) is 0 Å². The van der Waals surface area contributed by atoms with Crippen molar-refractivity contribution < 1.29 is 22.0 Å². The zero-order valence-electron chi connectivity index (χ0n) is 17.2. The number of alkyl halides is 5. The first-order valence-electron chi connectivity index (χ1n) is 10.3. The average Bonchev–Trinajstić information content (AvgIpc) is 2.82. The van der Waals surface area contributed by atoms with Gasteiger partial charge in [0.15, 0.2) is 0 Å². The molecule has 5 rings (SSSR count). The van der Waals surface area contributed by atoms with E-state index in [0.29, 0.717) is 5.56 Å². The Morgan fingerprint density at radius 1 is 0.424 bits per heavy atom. The van der Waals surface area contributed by atoms with Crippen LogP contribution in [-0.4, -0.2) is 6.18 Å². The molecular formula is C28H17F5. The summed E-state index contributed by atoms with van der Waals surface area (Å²) in [7, 11) is 0. The standard InChI is InChI=1S/C28H17F5/c29-27(30,28(31,32)33)20-14-12-19(13-15-20)22-16-17-26(25-10-4-3-9-23(22)25)24-11-5-7-18-6-1-2-8-21(18)24/h1-17H. The van der Waals surface area contributed by atoms with Gasteiger partial charge in [0, 0.05) is 5.56 Å². The van der Waals surface area contributed by atoms with E-state index >= 15 is 0 Å². The molecule has 0 heterocycles. The van der Waals surface area contributed by atoms with Crippen LogP contribution in [0.1, 0.15) is 5.56 Å². The van der Waals surface area contributed by atoms with E-state index < -0.39 is 17.7 Å². The maximum Gasteiger partial charge on any atom is 0.458 e. The highest BCUT2D eigenvalue weighted by Gasteiger charge is 2.58. The molecule has 0 bridgehead atoms. The number of fused-ring (bicyclic) bond motifs is 2. The normalized spacial score (nSPS) is 12.4. The summed E-state index contributed by atoms with van der Waals surface area (Å²) in [6, 6.07) is 30.1. The largest absolute Gasteiger partial charge is 0.458 e. The topological polar surface area (TPSA) is 0 Å². The minimum atomic E-state index is -5.64. The Bertz CT molecular complexity index is 1460. The van der Waals surface area contributed by atoms with Crippen molar-refractivity contribution in [3.05, 3.63) is 109 Å². The Morgan fingerprint density at radius 3 is 1.61 bits per heavy atom. The summed E-state index contributed by atoms with van der Waals surface area (Å²) in [5.74, 6) is -4.90. The zero-order chi connectivity index (χ0) is 23.2. The molecule has 0 aliphatic rings. The Balaban J connectivity index is 1.65. The number of halogens is 5.